The third kappa shape index (κ3) is 5.59. The minimum atomic E-state index is 0.403. The number of hydrogen-bond donors (Lipinski definition) is 2. The number of hydrogen-bond acceptors (Lipinski definition) is 8. The van der Waals surface area contributed by atoms with Crippen LogP contribution in [0.3, 0.4) is 0 Å². The fourth-order valence-electron chi connectivity index (χ4n) is 4.60. The number of fused-ring (bicyclic) bond motifs is 1. The molecule has 0 spiro atoms. The summed E-state index contributed by atoms with van der Waals surface area (Å²) in [6, 6.07) is 24.3. The molecule has 9 heteroatoms. The number of nitrogens with one attached hydrogen (secondary N) is 1. The summed E-state index contributed by atoms with van der Waals surface area (Å²) in [5, 5.41) is 0.737. The van der Waals surface area contributed by atoms with Crippen LogP contribution in [0.15, 0.2) is 102 Å². The Labute approximate surface area is 234 Å². The lowest BCUT2D eigenvalue weighted by Crippen LogP contribution is -2.32. The molecule has 4 heterocycles. The highest BCUT2D eigenvalue weighted by atomic mass is 79.9. The number of pyridine rings is 2. The summed E-state index contributed by atoms with van der Waals surface area (Å²) in [5.41, 5.74) is 15.7. The molecule has 0 saturated carbocycles. The van der Waals surface area contributed by atoms with E-state index in [0.29, 0.717) is 18.1 Å². The number of nitrogens with two attached hydrogens (primary N) is 1. The molecule has 3 aromatic heterocycles. The van der Waals surface area contributed by atoms with Gasteiger partial charge in [0.1, 0.15) is 18.0 Å². The molecule has 194 valence electrons. The zero-order valence-electron chi connectivity index (χ0n) is 21.1. The zero-order valence-corrected chi connectivity index (χ0v) is 22.7. The van der Waals surface area contributed by atoms with E-state index in [9.17, 15) is 0 Å². The molecular weight excluding hydrogens is 554 g/mol. The first-order chi connectivity index (χ1) is 19.1. The summed E-state index contributed by atoms with van der Waals surface area (Å²) in [4.78, 5) is 26.1. The van der Waals surface area contributed by atoms with Gasteiger partial charge in [-0.1, -0.05) is 58.4 Å². The van der Waals surface area contributed by atoms with Gasteiger partial charge in [-0.05, 0) is 53.1 Å². The number of nitrogen functional groups attached to an aromatic ring is 1. The molecule has 0 fully saturated rings. The molecule has 0 unspecified atom stereocenters. The van der Waals surface area contributed by atoms with Gasteiger partial charge in [0.15, 0.2) is 5.65 Å². The largest absolute Gasteiger partial charge is 0.383 e. The van der Waals surface area contributed by atoms with E-state index in [-0.39, 0.29) is 0 Å². The van der Waals surface area contributed by atoms with Crippen LogP contribution in [0.2, 0.25) is 0 Å². The van der Waals surface area contributed by atoms with Crippen LogP contribution in [0.5, 0.6) is 0 Å². The van der Waals surface area contributed by atoms with Gasteiger partial charge < -0.3 is 10.6 Å². The highest BCUT2D eigenvalue weighted by Crippen LogP contribution is 2.34. The molecule has 0 saturated heterocycles. The van der Waals surface area contributed by atoms with Crippen LogP contribution in [-0.4, -0.2) is 33.0 Å². The third-order valence-electron chi connectivity index (χ3n) is 6.63. The van der Waals surface area contributed by atoms with Crippen molar-refractivity contribution < 1.29 is 4.84 Å². The fourth-order valence-corrected chi connectivity index (χ4v) is 5.00. The molecule has 0 amide bonds. The summed E-state index contributed by atoms with van der Waals surface area (Å²) < 4.78 is 0.977. The molecular formula is C30H26BrN7O. The lowest BCUT2D eigenvalue weighted by Gasteiger charge is -2.27. The van der Waals surface area contributed by atoms with E-state index in [1.165, 1.54) is 6.33 Å². The van der Waals surface area contributed by atoms with Crippen molar-refractivity contribution in [3.63, 3.8) is 0 Å². The molecule has 39 heavy (non-hydrogen) atoms. The highest BCUT2D eigenvalue weighted by Gasteiger charge is 2.16. The fraction of sp³-hybridized carbons (Fsp3) is 0.133. The van der Waals surface area contributed by atoms with E-state index in [4.69, 9.17) is 20.5 Å². The van der Waals surface area contributed by atoms with Crippen molar-refractivity contribution in [1.82, 2.24) is 25.4 Å². The van der Waals surface area contributed by atoms with Gasteiger partial charge in [-0.2, -0.15) is 0 Å². The average molecular weight is 580 g/mol. The van der Waals surface area contributed by atoms with Crippen LogP contribution < -0.4 is 16.1 Å². The molecule has 8 nitrogen and oxygen atoms in total. The second-order valence-corrected chi connectivity index (χ2v) is 10.1. The smallest absolute Gasteiger partial charge is 0.165 e. The van der Waals surface area contributed by atoms with Crippen LogP contribution in [0.1, 0.15) is 12.0 Å². The van der Waals surface area contributed by atoms with Gasteiger partial charge in [0.25, 0.3) is 0 Å². The average Bonchev–Trinajstić information content (AvgIpc) is 2.98. The van der Waals surface area contributed by atoms with Gasteiger partial charge in [0.05, 0.1) is 17.7 Å². The monoisotopic (exact) mass is 579 g/mol. The topological polar surface area (TPSA) is 102 Å². The van der Waals surface area contributed by atoms with Gasteiger partial charge in [-0.3, -0.25) is 10.3 Å². The molecule has 5 aromatic rings. The van der Waals surface area contributed by atoms with Gasteiger partial charge in [0, 0.05) is 41.4 Å². The summed E-state index contributed by atoms with van der Waals surface area (Å²) in [5.74, 6) is 1.32. The maximum atomic E-state index is 6.25. The summed E-state index contributed by atoms with van der Waals surface area (Å²) in [7, 11) is 0. The predicted octanol–water partition coefficient (Wildman–Crippen LogP) is 5.91. The number of aromatic nitrogens is 4. The molecule has 2 aromatic carbocycles. The minimum Gasteiger partial charge on any atom is -0.383 e. The Morgan fingerprint density at radius 3 is 2.62 bits per heavy atom. The molecule has 0 radical (unpaired) electrons. The molecule has 3 N–H and O–H groups in total. The molecule has 0 aliphatic carbocycles. The molecule has 6 rings (SSSR count). The maximum absolute atomic E-state index is 6.25. The van der Waals surface area contributed by atoms with Crippen LogP contribution in [0.25, 0.3) is 33.4 Å². The van der Waals surface area contributed by atoms with Crippen molar-refractivity contribution in [2.75, 3.05) is 23.7 Å². The van der Waals surface area contributed by atoms with E-state index in [1.807, 2.05) is 79.0 Å². The first-order valence-electron chi connectivity index (χ1n) is 12.6. The Morgan fingerprint density at radius 1 is 0.949 bits per heavy atom. The Hall–Kier alpha value is -4.34. The number of hydroxylamine groups is 1. The van der Waals surface area contributed by atoms with E-state index < -0.39 is 0 Å². The van der Waals surface area contributed by atoms with Crippen LogP contribution in [0, 0.1) is 0 Å². The normalized spacial score (nSPS) is 13.4. The second-order valence-electron chi connectivity index (χ2n) is 9.23. The van der Waals surface area contributed by atoms with Gasteiger partial charge >= 0.3 is 0 Å². The molecule has 1 aliphatic rings. The number of rotatable bonds is 7. The molecule has 1 aliphatic heterocycles. The minimum absolute atomic E-state index is 0.403. The standard InChI is InChI=1S/C30H26BrN7O/c31-23-8-4-7-21(15-23)25-16-26(36-30-28(25)29(32)34-19-35-30)22-9-10-27(33-17-22)38-13-11-24(12-14-38)37-39-18-20-5-2-1-3-6-20/h1-11,15-17,19,37H,12-14,18H2,(H2,32,34,35,36). The number of nitrogens with zero attached hydrogens (tertiary/aromatic N) is 5. The van der Waals surface area contributed by atoms with E-state index in [0.717, 1.165) is 68.8 Å². The van der Waals surface area contributed by atoms with Crippen molar-refractivity contribution in [3.05, 3.63) is 107 Å². The SMILES string of the molecule is Nc1ncnc2nc(-c3ccc(N4CC=C(NOCc5ccccc5)CC4)nc3)cc(-c3cccc(Br)c3)c12. The number of benzene rings is 2. The lowest BCUT2D eigenvalue weighted by atomic mass is 10.0. The van der Waals surface area contributed by atoms with Crippen molar-refractivity contribution in [2.45, 2.75) is 13.0 Å². The first kappa shape index (κ1) is 25.0. The maximum Gasteiger partial charge on any atom is 0.165 e. The van der Waals surface area contributed by atoms with E-state index in [1.54, 1.807) is 0 Å². The summed E-state index contributed by atoms with van der Waals surface area (Å²) >= 11 is 3.57. The van der Waals surface area contributed by atoms with Crippen molar-refractivity contribution in [3.8, 4) is 22.4 Å². The lowest BCUT2D eigenvalue weighted by molar-refractivity contribution is 0.0465. The Morgan fingerprint density at radius 2 is 1.85 bits per heavy atom. The quantitative estimate of drug-likeness (QED) is 0.229. The number of anilines is 2. The third-order valence-corrected chi connectivity index (χ3v) is 7.12. The van der Waals surface area contributed by atoms with Crippen LogP contribution in [0.4, 0.5) is 11.6 Å². The van der Waals surface area contributed by atoms with Crippen molar-refractivity contribution >= 4 is 38.6 Å². The van der Waals surface area contributed by atoms with Crippen LogP contribution >= 0.6 is 15.9 Å². The van der Waals surface area contributed by atoms with Gasteiger partial charge in [0.2, 0.25) is 0 Å². The summed E-state index contributed by atoms with van der Waals surface area (Å²) in [6.45, 7) is 2.12. The number of halogens is 1. The molecule has 0 bridgehead atoms. The highest BCUT2D eigenvalue weighted by molar-refractivity contribution is 9.10. The summed E-state index contributed by atoms with van der Waals surface area (Å²) in [6.07, 6.45) is 6.30. The van der Waals surface area contributed by atoms with Crippen LogP contribution in [-0.2, 0) is 11.4 Å². The Kier molecular flexibility index (Phi) is 7.16. The first-order valence-corrected chi connectivity index (χ1v) is 13.4. The van der Waals surface area contributed by atoms with E-state index in [2.05, 4.69) is 42.4 Å². The second kappa shape index (κ2) is 11.2. The van der Waals surface area contributed by atoms with Crippen molar-refractivity contribution in [2.24, 2.45) is 0 Å². The van der Waals surface area contributed by atoms with Gasteiger partial charge in [-0.25, -0.2) is 19.9 Å². The molecule has 0 atom stereocenters. The zero-order chi connectivity index (χ0) is 26.6. The predicted molar refractivity (Wildman–Crippen MR) is 157 cm³/mol. The van der Waals surface area contributed by atoms with Gasteiger partial charge in [-0.15, -0.1) is 0 Å². The Balaban J connectivity index is 1.19. The Bertz CT molecular complexity index is 1640. The van der Waals surface area contributed by atoms with E-state index >= 15 is 0 Å². The van der Waals surface area contributed by atoms with Crippen molar-refractivity contribution in [1.29, 1.82) is 0 Å².